The lowest BCUT2D eigenvalue weighted by Gasteiger charge is -2.20. The third-order valence-corrected chi connectivity index (χ3v) is 4.47. The van der Waals surface area contributed by atoms with Crippen LogP contribution in [-0.2, 0) is 0 Å². The van der Waals surface area contributed by atoms with Crippen LogP contribution in [0.4, 0.5) is 16.2 Å². The molecule has 2 amide bonds. The van der Waals surface area contributed by atoms with Gasteiger partial charge in [-0.15, -0.1) is 0 Å². The van der Waals surface area contributed by atoms with Crippen LogP contribution in [0.15, 0.2) is 47.6 Å². The second-order valence-corrected chi connectivity index (χ2v) is 6.52. The topological polar surface area (TPSA) is 66.0 Å². The van der Waals surface area contributed by atoms with Crippen molar-refractivity contribution in [2.24, 2.45) is 5.10 Å². The molecule has 0 radical (unpaired) electrons. The Morgan fingerprint density at radius 2 is 1.93 bits per heavy atom. The van der Waals surface area contributed by atoms with Gasteiger partial charge in [0, 0.05) is 24.5 Å². The Bertz CT molecular complexity index is 796. The summed E-state index contributed by atoms with van der Waals surface area (Å²) in [5, 5.41) is 6.76. The number of rotatable bonds is 6. The first-order valence-corrected chi connectivity index (χ1v) is 9.34. The lowest BCUT2D eigenvalue weighted by molar-refractivity contribution is 0.252. The Kier molecular flexibility index (Phi) is 6.30. The van der Waals surface area contributed by atoms with Crippen LogP contribution in [0.5, 0.6) is 5.75 Å². The summed E-state index contributed by atoms with van der Waals surface area (Å²) in [6, 6.07) is 13.0. The molecule has 0 spiro atoms. The van der Waals surface area contributed by atoms with E-state index in [1.54, 1.807) is 18.3 Å². The van der Waals surface area contributed by atoms with Gasteiger partial charge in [-0.05, 0) is 74.2 Å². The highest BCUT2D eigenvalue weighted by atomic mass is 16.5. The summed E-state index contributed by atoms with van der Waals surface area (Å²) in [4.78, 5) is 14.3. The SMILES string of the molecule is CCOc1ccc(NC(=O)N/N=C\c2ccc(N3CCCC3)c(C)c2)cc1. The molecule has 2 N–H and O–H groups in total. The van der Waals surface area contributed by atoms with Gasteiger partial charge in [-0.3, -0.25) is 0 Å². The van der Waals surface area contributed by atoms with Gasteiger partial charge in [-0.25, -0.2) is 10.2 Å². The van der Waals surface area contributed by atoms with Crippen molar-refractivity contribution >= 4 is 23.6 Å². The Morgan fingerprint density at radius 3 is 2.59 bits per heavy atom. The number of urea groups is 1. The zero-order valence-electron chi connectivity index (χ0n) is 15.9. The van der Waals surface area contributed by atoms with Gasteiger partial charge in [0.15, 0.2) is 0 Å². The van der Waals surface area contributed by atoms with Gasteiger partial charge in [-0.2, -0.15) is 5.10 Å². The minimum absolute atomic E-state index is 0.388. The number of hydrogen-bond donors (Lipinski definition) is 2. The summed E-state index contributed by atoms with van der Waals surface area (Å²) in [6.45, 7) is 6.90. The average Bonchev–Trinajstić information content (AvgIpc) is 3.18. The highest BCUT2D eigenvalue weighted by Crippen LogP contribution is 2.24. The van der Waals surface area contributed by atoms with Crippen molar-refractivity contribution < 1.29 is 9.53 Å². The quantitative estimate of drug-likeness (QED) is 0.596. The normalized spacial score (nSPS) is 13.8. The van der Waals surface area contributed by atoms with Crippen LogP contribution in [0.25, 0.3) is 0 Å². The summed E-state index contributed by atoms with van der Waals surface area (Å²) in [5.74, 6) is 0.772. The summed E-state index contributed by atoms with van der Waals surface area (Å²) >= 11 is 0. The molecule has 3 rings (SSSR count). The third-order valence-electron chi connectivity index (χ3n) is 4.47. The van der Waals surface area contributed by atoms with Gasteiger partial charge in [0.05, 0.1) is 12.8 Å². The fourth-order valence-electron chi connectivity index (χ4n) is 3.20. The van der Waals surface area contributed by atoms with Gasteiger partial charge in [0.25, 0.3) is 0 Å². The molecule has 1 heterocycles. The predicted octanol–water partition coefficient (Wildman–Crippen LogP) is 4.15. The van der Waals surface area contributed by atoms with Gasteiger partial charge in [-0.1, -0.05) is 6.07 Å². The second kappa shape index (κ2) is 9.07. The van der Waals surface area contributed by atoms with Crippen molar-refractivity contribution in [1.29, 1.82) is 0 Å². The van der Waals surface area contributed by atoms with E-state index in [2.05, 4.69) is 39.8 Å². The maximum Gasteiger partial charge on any atom is 0.339 e. The molecule has 0 bridgehead atoms. The molecule has 6 heteroatoms. The van der Waals surface area contributed by atoms with Crippen LogP contribution in [0.3, 0.4) is 0 Å². The van der Waals surface area contributed by atoms with Crippen molar-refractivity contribution in [3.05, 3.63) is 53.6 Å². The molecule has 0 aromatic heterocycles. The number of hydrazone groups is 1. The Labute approximate surface area is 160 Å². The number of ether oxygens (including phenoxy) is 1. The van der Waals surface area contributed by atoms with Crippen molar-refractivity contribution in [2.45, 2.75) is 26.7 Å². The van der Waals surface area contributed by atoms with Crippen LogP contribution in [0.1, 0.15) is 30.9 Å². The number of nitrogens with one attached hydrogen (secondary N) is 2. The molecule has 0 saturated carbocycles. The fourth-order valence-corrected chi connectivity index (χ4v) is 3.20. The summed E-state index contributed by atoms with van der Waals surface area (Å²) in [7, 11) is 0. The lowest BCUT2D eigenvalue weighted by atomic mass is 10.1. The Hall–Kier alpha value is -3.02. The summed E-state index contributed by atoms with van der Waals surface area (Å²) in [6.07, 6.45) is 4.17. The predicted molar refractivity (Wildman–Crippen MR) is 110 cm³/mol. The number of nitrogens with zero attached hydrogens (tertiary/aromatic N) is 2. The molecule has 27 heavy (non-hydrogen) atoms. The molecule has 0 unspecified atom stereocenters. The second-order valence-electron chi connectivity index (χ2n) is 6.52. The van der Waals surface area contributed by atoms with Crippen LogP contribution in [0, 0.1) is 6.92 Å². The summed E-state index contributed by atoms with van der Waals surface area (Å²) < 4.78 is 5.38. The standard InChI is InChI=1S/C21H26N4O2/c1-3-27-19-9-7-18(8-10-19)23-21(26)24-22-15-17-6-11-20(16(2)14-17)25-12-4-5-13-25/h6-11,14-15H,3-5,12-13H2,1-2H3,(H2,23,24,26)/b22-15-. The number of benzene rings is 2. The lowest BCUT2D eigenvalue weighted by Crippen LogP contribution is -2.24. The fraction of sp³-hybridized carbons (Fsp3) is 0.333. The van der Waals surface area contributed by atoms with E-state index in [9.17, 15) is 4.79 Å². The van der Waals surface area contributed by atoms with Gasteiger partial charge < -0.3 is 15.0 Å². The molecular weight excluding hydrogens is 340 g/mol. The molecule has 1 saturated heterocycles. The van der Waals surface area contributed by atoms with Gasteiger partial charge in [0.2, 0.25) is 0 Å². The average molecular weight is 366 g/mol. The number of carbonyl (C=O) groups is 1. The number of amides is 2. The van der Waals surface area contributed by atoms with E-state index >= 15 is 0 Å². The number of aryl methyl sites for hydroxylation is 1. The van der Waals surface area contributed by atoms with Crippen LogP contribution >= 0.6 is 0 Å². The molecule has 1 aliphatic heterocycles. The molecular formula is C21H26N4O2. The molecule has 6 nitrogen and oxygen atoms in total. The van der Waals surface area contributed by atoms with E-state index < -0.39 is 0 Å². The highest BCUT2D eigenvalue weighted by Gasteiger charge is 2.13. The van der Waals surface area contributed by atoms with E-state index in [0.29, 0.717) is 12.3 Å². The molecule has 2 aromatic rings. The van der Waals surface area contributed by atoms with Crippen molar-refractivity contribution in [3.63, 3.8) is 0 Å². The zero-order valence-corrected chi connectivity index (χ0v) is 15.9. The van der Waals surface area contributed by atoms with Gasteiger partial charge >= 0.3 is 6.03 Å². The molecule has 142 valence electrons. The van der Waals surface area contributed by atoms with E-state index in [1.807, 2.05) is 25.1 Å². The number of anilines is 2. The van der Waals surface area contributed by atoms with E-state index in [4.69, 9.17) is 4.74 Å². The van der Waals surface area contributed by atoms with Crippen LogP contribution < -0.4 is 20.4 Å². The maximum atomic E-state index is 11.9. The smallest absolute Gasteiger partial charge is 0.339 e. The minimum Gasteiger partial charge on any atom is -0.494 e. The van der Waals surface area contributed by atoms with Crippen molar-refractivity contribution in [3.8, 4) is 5.75 Å². The Balaban J connectivity index is 1.52. The number of hydrogen-bond acceptors (Lipinski definition) is 4. The van der Waals surface area contributed by atoms with Crippen LogP contribution in [0.2, 0.25) is 0 Å². The third kappa shape index (κ3) is 5.23. The first kappa shape index (κ1) is 18.8. The van der Waals surface area contributed by atoms with Crippen molar-refractivity contribution in [1.82, 2.24) is 5.43 Å². The first-order chi connectivity index (χ1) is 13.2. The minimum atomic E-state index is -0.388. The van der Waals surface area contributed by atoms with E-state index in [1.165, 1.54) is 24.1 Å². The zero-order chi connectivity index (χ0) is 19.1. The first-order valence-electron chi connectivity index (χ1n) is 9.34. The molecule has 0 aliphatic carbocycles. The molecule has 2 aromatic carbocycles. The molecule has 0 atom stereocenters. The largest absolute Gasteiger partial charge is 0.494 e. The van der Waals surface area contributed by atoms with E-state index in [0.717, 1.165) is 24.4 Å². The monoisotopic (exact) mass is 366 g/mol. The van der Waals surface area contributed by atoms with Crippen molar-refractivity contribution in [2.75, 3.05) is 29.9 Å². The summed E-state index contributed by atoms with van der Waals surface area (Å²) in [5.41, 5.74) is 6.62. The Morgan fingerprint density at radius 1 is 1.19 bits per heavy atom. The highest BCUT2D eigenvalue weighted by molar-refractivity contribution is 5.90. The molecule has 1 aliphatic rings. The van der Waals surface area contributed by atoms with Gasteiger partial charge in [0.1, 0.15) is 5.75 Å². The maximum absolute atomic E-state index is 11.9. The number of carbonyl (C=O) groups excluding carboxylic acids is 1. The van der Waals surface area contributed by atoms with Crippen LogP contribution in [-0.4, -0.2) is 31.9 Å². The van der Waals surface area contributed by atoms with E-state index in [-0.39, 0.29) is 6.03 Å². The molecule has 1 fully saturated rings.